The number of carbonyl (C=O) groups excluding carboxylic acids is 1. The van der Waals surface area contributed by atoms with Gasteiger partial charge in [-0.15, -0.1) is 0 Å². The number of carbonyl (C=O) groups is 1. The molecule has 0 aliphatic carbocycles. The van der Waals surface area contributed by atoms with Crippen molar-refractivity contribution in [3.63, 3.8) is 0 Å². The van der Waals surface area contributed by atoms with E-state index in [0.29, 0.717) is 23.5 Å². The van der Waals surface area contributed by atoms with Crippen molar-refractivity contribution in [2.75, 3.05) is 0 Å². The Morgan fingerprint density at radius 2 is 1.93 bits per heavy atom. The van der Waals surface area contributed by atoms with Gasteiger partial charge in [0.1, 0.15) is 17.1 Å². The van der Waals surface area contributed by atoms with Gasteiger partial charge in [-0.3, -0.25) is 4.79 Å². The highest BCUT2D eigenvalue weighted by molar-refractivity contribution is 5.98. The third kappa shape index (κ3) is 3.60. The normalized spacial score (nSPS) is 10.9. The van der Waals surface area contributed by atoms with Crippen molar-refractivity contribution >= 4 is 16.8 Å². The molecule has 0 bridgehead atoms. The number of nitrogens with zero attached hydrogens (tertiary/aromatic N) is 1. The van der Waals surface area contributed by atoms with Gasteiger partial charge in [-0.2, -0.15) is 0 Å². The molecule has 0 saturated carbocycles. The average molecular weight is 356 g/mol. The third-order valence-electron chi connectivity index (χ3n) is 4.60. The number of nitrogens with one attached hydrogen (secondary N) is 1. The van der Waals surface area contributed by atoms with Gasteiger partial charge in [-0.05, 0) is 43.2 Å². The number of aryl methyl sites for hydroxylation is 2. The monoisotopic (exact) mass is 356 g/mol. The molecule has 27 heavy (non-hydrogen) atoms. The Morgan fingerprint density at radius 1 is 1.04 bits per heavy atom. The van der Waals surface area contributed by atoms with E-state index in [9.17, 15) is 4.79 Å². The number of Topliss-reactive ketones (excluding diaryl/α,β-unsaturated/α-hetero) is 1. The summed E-state index contributed by atoms with van der Waals surface area (Å²) in [6.45, 7) is 4.00. The van der Waals surface area contributed by atoms with Gasteiger partial charge in [-0.1, -0.05) is 42.0 Å². The van der Waals surface area contributed by atoms with Crippen LogP contribution in [0, 0.1) is 13.8 Å². The molecule has 4 nitrogen and oxygen atoms in total. The molecule has 0 saturated heterocycles. The zero-order valence-electron chi connectivity index (χ0n) is 15.3. The second-order valence-corrected chi connectivity index (χ2v) is 6.72. The number of fused-ring (bicyclic) bond motifs is 1. The number of aromatic nitrogens is 2. The summed E-state index contributed by atoms with van der Waals surface area (Å²) in [4.78, 5) is 20.1. The molecule has 4 heteroatoms. The fourth-order valence-electron chi connectivity index (χ4n) is 3.14. The quantitative estimate of drug-likeness (QED) is 0.487. The van der Waals surface area contributed by atoms with Crippen LogP contribution >= 0.6 is 0 Å². The molecular formula is C23H20N2O2. The molecule has 2 heterocycles. The number of benzene rings is 2. The van der Waals surface area contributed by atoms with Crippen molar-refractivity contribution < 1.29 is 9.53 Å². The Kier molecular flexibility index (Phi) is 4.47. The van der Waals surface area contributed by atoms with E-state index in [1.54, 1.807) is 6.20 Å². The minimum absolute atomic E-state index is 0.0759. The molecule has 1 N–H and O–H groups in total. The molecule has 4 aromatic rings. The van der Waals surface area contributed by atoms with Gasteiger partial charge in [0, 0.05) is 24.4 Å². The van der Waals surface area contributed by atoms with Crippen LogP contribution in [0.1, 0.15) is 27.0 Å². The van der Waals surface area contributed by atoms with Crippen LogP contribution in [0.4, 0.5) is 0 Å². The molecule has 0 unspecified atom stereocenters. The molecule has 0 amide bonds. The first-order chi connectivity index (χ1) is 13.1. The molecule has 134 valence electrons. The molecule has 2 aromatic carbocycles. The smallest absolute Gasteiger partial charge is 0.167 e. The van der Waals surface area contributed by atoms with Crippen LogP contribution in [-0.2, 0) is 6.42 Å². The number of H-pyrrole nitrogens is 1. The Hall–Kier alpha value is -3.40. The van der Waals surface area contributed by atoms with Gasteiger partial charge in [0.15, 0.2) is 5.78 Å². The van der Waals surface area contributed by atoms with Gasteiger partial charge in [0.25, 0.3) is 0 Å². The number of hydrogen-bond donors (Lipinski definition) is 1. The summed E-state index contributed by atoms with van der Waals surface area (Å²) in [5.74, 6) is 1.47. The lowest BCUT2D eigenvalue weighted by molar-refractivity contribution is 0.0992. The highest BCUT2D eigenvalue weighted by atomic mass is 16.5. The maximum atomic E-state index is 12.7. The van der Waals surface area contributed by atoms with Crippen molar-refractivity contribution in [3.05, 3.63) is 89.2 Å². The molecular weight excluding hydrogens is 336 g/mol. The Balaban J connectivity index is 1.61. The van der Waals surface area contributed by atoms with Gasteiger partial charge in [-0.25, -0.2) is 4.98 Å². The summed E-state index contributed by atoms with van der Waals surface area (Å²) in [7, 11) is 0. The molecule has 0 spiro atoms. The highest BCUT2D eigenvalue weighted by Gasteiger charge is 2.12. The lowest BCUT2D eigenvalue weighted by Gasteiger charge is -2.11. The lowest BCUT2D eigenvalue weighted by atomic mass is 10.0. The minimum Gasteiger partial charge on any atom is -0.456 e. The Labute approximate surface area is 157 Å². The van der Waals surface area contributed by atoms with E-state index < -0.39 is 0 Å². The van der Waals surface area contributed by atoms with E-state index in [2.05, 4.69) is 9.97 Å². The van der Waals surface area contributed by atoms with Crippen molar-refractivity contribution in [2.24, 2.45) is 0 Å². The van der Waals surface area contributed by atoms with Gasteiger partial charge >= 0.3 is 0 Å². The zero-order valence-corrected chi connectivity index (χ0v) is 15.3. The standard InChI is InChI=1S/C23H20N2O2/c1-15-4-3-5-17(12-15)13-20(26)18-7-6-16(2)22(14-18)27-21-9-11-25-23-19(21)8-10-24-23/h3-12,14H,13H2,1-2H3,(H,24,25). The van der Waals surface area contributed by atoms with E-state index in [4.69, 9.17) is 4.74 Å². The number of aromatic amines is 1. The van der Waals surface area contributed by atoms with Crippen molar-refractivity contribution in [1.29, 1.82) is 0 Å². The van der Waals surface area contributed by atoms with Crippen LogP contribution in [0.2, 0.25) is 0 Å². The summed E-state index contributed by atoms with van der Waals surface area (Å²) >= 11 is 0. The Morgan fingerprint density at radius 3 is 2.78 bits per heavy atom. The predicted octanol–water partition coefficient (Wildman–Crippen LogP) is 5.40. The number of ether oxygens (including phenoxy) is 1. The van der Waals surface area contributed by atoms with E-state index >= 15 is 0 Å². The molecule has 4 rings (SSSR count). The second kappa shape index (κ2) is 7.08. The first kappa shape index (κ1) is 17.0. The molecule has 0 fully saturated rings. The number of rotatable bonds is 5. The van der Waals surface area contributed by atoms with Gasteiger partial charge < -0.3 is 9.72 Å². The third-order valence-corrected chi connectivity index (χ3v) is 4.60. The molecule has 0 atom stereocenters. The summed E-state index contributed by atoms with van der Waals surface area (Å²) in [5, 5.41) is 0.911. The van der Waals surface area contributed by atoms with E-state index in [1.165, 1.54) is 0 Å². The summed E-state index contributed by atoms with van der Waals surface area (Å²) < 4.78 is 6.13. The van der Waals surface area contributed by atoms with Crippen molar-refractivity contribution in [2.45, 2.75) is 20.3 Å². The van der Waals surface area contributed by atoms with Gasteiger partial charge in [0.05, 0.1) is 5.39 Å². The largest absolute Gasteiger partial charge is 0.456 e. The number of pyridine rings is 1. The summed E-state index contributed by atoms with van der Waals surface area (Å²) in [6, 6.07) is 17.4. The van der Waals surface area contributed by atoms with Crippen LogP contribution in [-0.4, -0.2) is 15.8 Å². The lowest BCUT2D eigenvalue weighted by Crippen LogP contribution is -2.04. The summed E-state index contributed by atoms with van der Waals surface area (Å²) in [5.41, 5.74) is 4.57. The van der Waals surface area contributed by atoms with Crippen LogP contribution in [0.3, 0.4) is 0 Å². The topological polar surface area (TPSA) is 55.0 Å². The minimum atomic E-state index is 0.0759. The van der Waals surface area contributed by atoms with Crippen LogP contribution in [0.25, 0.3) is 11.0 Å². The Bertz CT molecular complexity index is 1130. The van der Waals surface area contributed by atoms with E-state index in [0.717, 1.165) is 27.7 Å². The number of hydrogen-bond acceptors (Lipinski definition) is 3. The second-order valence-electron chi connectivity index (χ2n) is 6.72. The van der Waals surface area contributed by atoms with Crippen LogP contribution < -0.4 is 4.74 Å². The number of ketones is 1. The SMILES string of the molecule is Cc1cccc(CC(=O)c2ccc(C)c(Oc3ccnc4[nH]ccc34)c2)c1. The van der Waals surface area contributed by atoms with E-state index in [1.807, 2.05) is 74.6 Å². The molecule has 0 radical (unpaired) electrons. The maximum absolute atomic E-state index is 12.7. The summed E-state index contributed by atoms with van der Waals surface area (Å²) in [6.07, 6.45) is 3.91. The van der Waals surface area contributed by atoms with Crippen molar-refractivity contribution in [1.82, 2.24) is 9.97 Å². The highest BCUT2D eigenvalue weighted by Crippen LogP contribution is 2.31. The first-order valence-electron chi connectivity index (χ1n) is 8.89. The molecule has 2 aromatic heterocycles. The van der Waals surface area contributed by atoms with E-state index in [-0.39, 0.29) is 5.78 Å². The first-order valence-corrected chi connectivity index (χ1v) is 8.89. The zero-order chi connectivity index (χ0) is 18.8. The maximum Gasteiger partial charge on any atom is 0.167 e. The van der Waals surface area contributed by atoms with Crippen LogP contribution in [0.15, 0.2) is 67.0 Å². The molecule has 0 aliphatic rings. The predicted molar refractivity (Wildman–Crippen MR) is 107 cm³/mol. The fraction of sp³-hybridized carbons (Fsp3) is 0.130. The van der Waals surface area contributed by atoms with Gasteiger partial charge in [0.2, 0.25) is 0 Å². The molecule has 0 aliphatic heterocycles. The van der Waals surface area contributed by atoms with Crippen molar-refractivity contribution in [3.8, 4) is 11.5 Å². The van der Waals surface area contributed by atoms with Crippen LogP contribution in [0.5, 0.6) is 11.5 Å². The average Bonchev–Trinajstić information content (AvgIpc) is 3.13. The fourth-order valence-corrected chi connectivity index (χ4v) is 3.14.